The molecule has 22 heteroatoms. The molecule has 4 aromatic rings. The fourth-order valence-corrected chi connectivity index (χ4v) is 31.6. The van der Waals surface area contributed by atoms with Crippen LogP contribution < -0.4 is 24.8 Å². The summed E-state index contributed by atoms with van der Waals surface area (Å²) in [5, 5.41) is 0. The van der Waals surface area contributed by atoms with E-state index in [0.717, 1.165) is 12.1 Å². The van der Waals surface area contributed by atoms with E-state index >= 15 is 0 Å². The van der Waals surface area contributed by atoms with Crippen molar-refractivity contribution in [1.29, 1.82) is 0 Å². The van der Waals surface area contributed by atoms with Crippen molar-refractivity contribution in [2.45, 2.75) is 71.3 Å². The zero-order valence-corrected chi connectivity index (χ0v) is 36.8. The summed E-state index contributed by atoms with van der Waals surface area (Å²) in [4.78, 5) is 0. The molecule has 62 heavy (non-hydrogen) atoms. The summed E-state index contributed by atoms with van der Waals surface area (Å²) in [5.41, 5.74) is -16.2. The van der Waals surface area contributed by atoms with Gasteiger partial charge in [0.2, 0.25) is 0 Å². The van der Waals surface area contributed by atoms with E-state index in [9.17, 15) is 79.0 Å². The summed E-state index contributed by atoms with van der Waals surface area (Å²) in [5.74, 6) is -2.02. The van der Waals surface area contributed by atoms with Crippen molar-refractivity contribution in [3.05, 3.63) is 127 Å². The van der Waals surface area contributed by atoms with Crippen LogP contribution in [0.1, 0.15) is 76.7 Å². The predicted molar refractivity (Wildman–Crippen MR) is 185 cm³/mol. The molecule has 2 aliphatic rings. The maximum atomic E-state index is 14.5. The van der Waals surface area contributed by atoms with Crippen LogP contribution in [0, 0.1) is 0 Å². The summed E-state index contributed by atoms with van der Waals surface area (Å²) in [7, 11) is 0. The van der Waals surface area contributed by atoms with Gasteiger partial charge in [0.25, 0.3) is 0 Å². The number of benzene rings is 4. The van der Waals surface area contributed by atoms with E-state index in [4.69, 9.17) is 0 Å². The number of hydrogen-bond donors (Lipinski definition) is 0. The van der Waals surface area contributed by atoms with Gasteiger partial charge in [-0.3, -0.25) is 0 Å². The SMILES string of the molecule is CC1=Cc2c(-c3c(C(F)(F)F)cc(C(F)(F)F)cc3C(F)(F)F)cccc2[CH]1[Zr+2]([CH]1C(C)=Cc2c(-c3c(C(F)(F)F)cc(C(F)(F)F)cc3C(F)(F)F)cccc21)[SiH](C)C.[Cl-].[Cl-]. The number of allylic oxidation sites excluding steroid dienone is 2. The molecule has 6 rings (SSSR count). The Morgan fingerprint density at radius 3 is 0.935 bits per heavy atom. The Hall–Kier alpha value is -3.22. The molecule has 0 fully saturated rings. The second-order valence-corrected chi connectivity index (χ2v) is 34.9. The molecule has 0 nitrogen and oxygen atoms in total. The van der Waals surface area contributed by atoms with Crippen LogP contribution in [-0.2, 0) is 58.0 Å². The van der Waals surface area contributed by atoms with Crippen molar-refractivity contribution in [2.75, 3.05) is 0 Å². The molecule has 0 heterocycles. The van der Waals surface area contributed by atoms with Crippen LogP contribution in [0.15, 0.2) is 71.8 Å². The molecule has 2 aliphatic carbocycles. The van der Waals surface area contributed by atoms with E-state index in [1.807, 2.05) is 13.1 Å². The van der Waals surface area contributed by atoms with Gasteiger partial charge < -0.3 is 24.8 Å². The molecule has 0 saturated carbocycles. The first-order valence-corrected chi connectivity index (χ1v) is 27.5. The van der Waals surface area contributed by atoms with Crippen LogP contribution in [0.2, 0.25) is 13.1 Å². The first-order valence-electron chi connectivity index (χ1n) is 17.5. The van der Waals surface area contributed by atoms with Gasteiger partial charge in [0, 0.05) is 0 Å². The van der Waals surface area contributed by atoms with Crippen molar-refractivity contribution < 1.29 is 125 Å². The molecule has 0 radical (unpaired) electrons. The van der Waals surface area contributed by atoms with E-state index in [-0.39, 0.29) is 71.3 Å². The standard InChI is InChI=1S/2C19H10F9.C2H7Si.2ClH.Zr/c2*1-9-5-10-3-2-4-12(13(10)6-9)16-14(18(23,24)25)7-11(17(20,21)22)8-15(16)19(26,27)28;1-3-2;;;/h2*2-8H,1H3;3H,1-2H3;2*1H;/q;;;;;+2/p-2. The summed E-state index contributed by atoms with van der Waals surface area (Å²) < 4.78 is 255. The Morgan fingerprint density at radius 2 is 0.710 bits per heavy atom. The van der Waals surface area contributed by atoms with E-state index < -0.39 is 127 Å². The van der Waals surface area contributed by atoms with Crippen molar-refractivity contribution in [3.8, 4) is 22.3 Å². The van der Waals surface area contributed by atoms with Gasteiger partial charge in [-0.1, -0.05) is 0 Å². The molecular weight excluding hydrogens is 1010 g/mol. The summed E-state index contributed by atoms with van der Waals surface area (Å²) in [6, 6.07) is 5.55. The third-order valence-electron chi connectivity index (χ3n) is 10.6. The van der Waals surface area contributed by atoms with Gasteiger partial charge in [0.15, 0.2) is 0 Å². The van der Waals surface area contributed by atoms with E-state index in [2.05, 4.69) is 0 Å². The molecule has 0 saturated heterocycles. The molecule has 0 aliphatic heterocycles. The molecule has 2 atom stereocenters. The molecule has 4 aromatic carbocycles. The Morgan fingerprint density at radius 1 is 0.435 bits per heavy atom. The molecule has 0 bridgehead atoms. The summed E-state index contributed by atoms with van der Waals surface area (Å²) in [6.07, 6.45) is -31.2. The number of hydrogen-bond acceptors (Lipinski definition) is 0. The van der Waals surface area contributed by atoms with E-state index in [1.54, 1.807) is 13.8 Å². The van der Waals surface area contributed by atoms with Gasteiger partial charge in [-0.25, -0.2) is 0 Å². The van der Waals surface area contributed by atoms with Gasteiger partial charge in [-0.2, -0.15) is 0 Å². The summed E-state index contributed by atoms with van der Waals surface area (Å²) in [6.45, 7) is 6.93. The molecule has 0 aromatic heterocycles. The smallest absolute Gasteiger partial charge is 1.00 e. The van der Waals surface area contributed by atoms with E-state index in [0.29, 0.717) is 11.1 Å². The number of halogens is 20. The van der Waals surface area contributed by atoms with Gasteiger partial charge in [0.05, 0.1) is 0 Å². The average Bonchev–Trinajstić information content (AvgIpc) is 3.60. The maximum Gasteiger partial charge on any atom is -1.00 e. The average molecular weight is 1040 g/mol. The van der Waals surface area contributed by atoms with Gasteiger partial charge in [0.1, 0.15) is 0 Å². The second kappa shape index (κ2) is 17.0. The summed E-state index contributed by atoms with van der Waals surface area (Å²) >= 11 is -3.50. The number of rotatable bonds is 5. The Labute approximate surface area is 362 Å². The minimum Gasteiger partial charge on any atom is -1.00 e. The van der Waals surface area contributed by atoms with Crippen molar-refractivity contribution in [1.82, 2.24) is 0 Å². The normalized spacial score (nSPS) is 17.0. The second-order valence-electron chi connectivity index (χ2n) is 14.8. The fraction of sp³-hybridized carbons (Fsp3) is 0.300. The Bertz CT molecular complexity index is 2200. The fourth-order valence-electron chi connectivity index (χ4n) is 8.34. The van der Waals surface area contributed by atoms with Crippen LogP contribution in [0.25, 0.3) is 34.4 Å². The molecule has 0 N–H and O–H groups in total. The predicted octanol–water partition coefficient (Wildman–Crippen LogP) is 9.36. The first kappa shape index (κ1) is 51.4. The van der Waals surface area contributed by atoms with Crippen molar-refractivity contribution >= 4 is 18.1 Å². The Kier molecular flexibility index (Phi) is 14.1. The molecular formula is C40H27Cl2F18SiZr. The minimum absolute atomic E-state index is 0. The third-order valence-corrected chi connectivity index (χ3v) is 32.7. The van der Waals surface area contributed by atoms with Crippen molar-refractivity contribution in [3.63, 3.8) is 0 Å². The van der Waals surface area contributed by atoms with Crippen LogP contribution in [0.3, 0.4) is 0 Å². The van der Waals surface area contributed by atoms with Gasteiger partial charge in [-0.15, -0.1) is 0 Å². The zero-order valence-electron chi connectivity index (χ0n) is 31.7. The van der Waals surface area contributed by atoms with Gasteiger partial charge in [-0.05, 0) is 0 Å². The first-order chi connectivity index (χ1) is 27.2. The molecule has 0 amide bonds. The quantitative estimate of drug-likeness (QED) is 0.138. The van der Waals surface area contributed by atoms with Crippen LogP contribution in [0.4, 0.5) is 79.0 Å². The van der Waals surface area contributed by atoms with Crippen LogP contribution in [-0.4, -0.2) is 5.92 Å². The number of fused-ring (bicyclic) bond motifs is 2. The van der Waals surface area contributed by atoms with Crippen LogP contribution in [0.5, 0.6) is 0 Å². The number of alkyl halides is 18. The Balaban J connectivity index is 0.00000422. The maximum absolute atomic E-state index is 14.5. The van der Waals surface area contributed by atoms with Crippen LogP contribution >= 0.6 is 0 Å². The minimum atomic E-state index is -5.69. The topological polar surface area (TPSA) is 0 Å². The monoisotopic (exact) mass is 1040 g/mol. The van der Waals surface area contributed by atoms with E-state index in [1.165, 1.54) is 36.4 Å². The third kappa shape index (κ3) is 9.44. The van der Waals surface area contributed by atoms with Gasteiger partial charge >= 0.3 is 339 Å². The molecule has 2 unspecified atom stereocenters. The van der Waals surface area contributed by atoms with Crippen molar-refractivity contribution in [2.24, 2.45) is 0 Å². The zero-order chi connectivity index (χ0) is 45.0. The largest absolute Gasteiger partial charge is 1.00 e. The molecule has 0 spiro atoms. The molecule has 335 valence electrons.